The Kier molecular flexibility index (Phi) is 4.88. The number of nitro groups is 1. The van der Waals surface area contributed by atoms with Crippen molar-refractivity contribution in [3.8, 4) is 0 Å². The average Bonchev–Trinajstić information content (AvgIpc) is 3.00. The largest absolute Gasteiger partial charge is 0.468 e. The third-order valence-electron chi connectivity index (χ3n) is 3.69. The van der Waals surface area contributed by atoms with Gasteiger partial charge < -0.3 is 9.30 Å². The number of ether oxygens (including phenoxy) is 1. The van der Waals surface area contributed by atoms with Crippen molar-refractivity contribution >= 4 is 34.6 Å². The fourth-order valence-electron chi connectivity index (χ4n) is 2.44. The zero-order valence-electron chi connectivity index (χ0n) is 13.8. The molecule has 0 bridgehead atoms. The summed E-state index contributed by atoms with van der Waals surface area (Å²) in [5, 5.41) is 15.7. The van der Waals surface area contributed by atoms with Gasteiger partial charge in [0, 0.05) is 28.7 Å². The summed E-state index contributed by atoms with van der Waals surface area (Å²) >= 11 is 0. The molecule has 0 saturated carbocycles. The second-order valence-corrected chi connectivity index (χ2v) is 5.33. The number of nitrogens with zero attached hydrogens (tertiary/aromatic N) is 4. The van der Waals surface area contributed by atoms with Crippen LogP contribution in [0.3, 0.4) is 0 Å². The first-order valence-electron chi connectivity index (χ1n) is 7.62. The molecule has 0 spiro atoms. The molecule has 0 fully saturated rings. The van der Waals surface area contributed by atoms with E-state index in [1.165, 1.54) is 19.2 Å². The summed E-state index contributed by atoms with van der Waals surface area (Å²) in [6.45, 7) is 0.0994. The third kappa shape index (κ3) is 3.66. The smallest absolute Gasteiger partial charge is 0.325 e. The van der Waals surface area contributed by atoms with Gasteiger partial charge >= 0.3 is 5.97 Å². The zero-order valence-corrected chi connectivity index (χ0v) is 13.8. The van der Waals surface area contributed by atoms with Gasteiger partial charge in [-0.05, 0) is 12.1 Å². The van der Waals surface area contributed by atoms with Gasteiger partial charge in [0.05, 0.1) is 18.2 Å². The first kappa shape index (κ1) is 17.1. The number of carbonyl (C=O) groups is 1. The molecule has 0 aliphatic rings. The number of aromatic nitrogens is 2. The predicted octanol–water partition coefficient (Wildman–Crippen LogP) is 2.56. The molecule has 3 aromatic rings. The van der Waals surface area contributed by atoms with Crippen molar-refractivity contribution in [2.75, 3.05) is 12.5 Å². The first-order chi connectivity index (χ1) is 12.6. The molecule has 0 saturated heterocycles. The van der Waals surface area contributed by atoms with Crippen molar-refractivity contribution in [1.82, 2.24) is 9.55 Å². The molecule has 0 unspecified atom stereocenters. The number of esters is 1. The lowest BCUT2D eigenvalue weighted by atomic mass is 10.2. The summed E-state index contributed by atoms with van der Waals surface area (Å²) in [5.74, 6) is 0.0348. The molecule has 9 nitrogen and oxygen atoms in total. The van der Waals surface area contributed by atoms with E-state index in [-0.39, 0.29) is 18.2 Å². The molecule has 26 heavy (non-hydrogen) atoms. The maximum atomic E-state index is 11.6. The van der Waals surface area contributed by atoms with Crippen molar-refractivity contribution in [1.29, 1.82) is 0 Å². The number of carbonyl (C=O) groups excluding carboxylic acids is 1. The highest BCUT2D eigenvalue weighted by molar-refractivity contribution is 6.00. The molecule has 3 rings (SSSR count). The molecule has 1 N–H and O–H groups in total. The van der Waals surface area contributed by atoms with E-state index in [9.17, 15) is 14.9 Å². The van der Waals surface area contributed by atoms with Gasteiger partial charge in [-0.1, -0.05) is 18.2 Å². The van der Waals surface area contributed by atoms with Crippen molar-refractivity contribution in [2.24, 2.45) is 5.10 Å². The Morgan fingerprint density at radius 2 is 2.19 bits per heavy atom. The summed E-state index contributed by atoms with van der Waals surface area (Å²) in [7, 11) is 1.34. The van der Waals surface area contributed by atoms with Crippen LogP contribution in [-0.4, -0.2) is 33.8 Å². The standard InChI is InChI=1S/C17H15N5O4/c1-26-17(23)11-21-10-12(14-4-2-3-5-15(14)21)8-19-20-16-7-6-13(9-18-16)22(24)25/h2-10H,11H2,1H3,(H,18,20)/b19-8+. The zero-order chi connectivity index (χ0) is 18.5. The van der Waals surface area contributed by atoms with Crippen LogP contribution in [0.15, 0.2) is 53.9 Å². The highest BCUT2D eigenvalue weighted by Gasteiger charge is 2.10. The van der Waals surface area contributed by atoms with Gasteiger partial charge in [-0.3, -0.25) is 20.3 Å². The van der Waals surface area contributed by atoms with Crippen LogP contribution in [0.2, 0.25) is 0 Å². The molecule has 0 aliphatic heterocycles. The van der Waals surface area contributed by atoms with Crippen molar-refractivity contribution < 1.29 is 14.5 Å². The molecule has 1 aromatic carbocycles. The Morgan fingerprint density at radius 3 is 2.88 bits per heavy atom. The molecule has 2 aromatic heterocycles. The summed E-state index contributed by atoms with van der Waals surface area (Å²) in [6, 6.07) is 10.4. The van der Waals surface area contributed by atoms with E-state index in [4.69, 9.17) is 4.74 Å². The van der Waals surface area contributed by atoms with E-state index in [0.717, 1.165) is 22.7 Å². The topological polar surface area (TPSA) is 112 Å². The lowest BCUT2D eigenvalue weighted by Gasteiger charge is -2.02. The minimum atomic E-state index is -0.518. The van der Waals surface area contributed by atoms with Crippen LogP contribution >= 0.6 is 0 Å². The maximum absolute atomic E-state index is 11.6. The average molecular weight is 353 g/mol. The van der Waals surface area contributed by atoms with Crippen LogP contribution < -0.4 is 5.43 Å². The third-order valence-corrected chi connectivity index (χ3v) is 3.69. The molecule has 0 atom stereocenters. The Labute approximate surface area is 148 Å². The molecule has 2 heterocycles. The van der Waals surface area contributed by atoms with E-state index in [0.29, 0.717) is 5.82 Å². The second-order valence-electron chi connectivity index (χ2n) is 5.33. The predicted molar refractivity (Wildman–Crippen MR) is 96.1 cm³/mol. The Balaban J connectivity index is 1.80. The number of fused-ring (bicyclic) bond motifs is 1. The highest BCUT2D eigenvalue weighted by Crippen LogP contribution is 2.20. The summed E-state index contributed by atoms with van der Waals surface area (Å²) in [4.78, 5) is 25.6. The van der Waals surface area contributed by atoms with Crippen LogP contribution in [0.4, 0.5) is 11.5 Å². The molecule has 0 aliphatic carbocycles. The number of anilines is 1. The Morgan fingerprint density at radius 1 is 1.38 bits per heavy atom. The van der Waals surface area contributed by atoms with Crippen LogP contribution in [0.1, 0.15) is 5.56 Å². The van der Waals surface area contributed by atoms with Crippen molar-refractivity contribution in [3.63, 3.8) is 0 Å². The molecular formula is C17H15N5O4. The van der Waals surface area contributed by atoms with Crippen molar-refractivity contribution in [3.05, 3.63) is 64.5 Å². The molecule has 9 heteroatoms. The number of benzene rings is 1. The number of hydrazone groups is 1. The van der Waals surface area contributed by atoms with E-state index < -0.39 is 4.92 Å². The number of methoxy groups -OCH3 is 1. The Bertz CT molecular complexity index is 978. The normalized spacial score (nSPS) is 11.0. The summed E-state index contributed by atoms with van der Waals surface area (Å²) < 4.78 is 6.50. The summed E-state index contributed by atoms with van der Waals surface area (Å²) in [5.41, 5.74) is 4.31. The van der Waals surface area contributed by atoms with Crippen LogP contribution in [-0.2, 0) is 16.1 Å². The Hall–Kier alpha value is -3.75. The van der Waals surface area contributed by atoms with Gasteiger partial charge in [-0.25, -0.2) is 4.98 Å². The van der Waals surface area contributed by atoms with E-state index >= 15 is 0 Å². The number of nitrogens with one attached hydrogen (secondary N) is 1. The van der Waals surface area contributed by atoms with Gasteiger partial charge in [0.2, 0.25) is 0 Å². The molecule has 0 radical (unpaired) electrons. The van der Waals surface area contributed by atoms with Gasteiger partial charge in [-0.2, -0.15) is 5.10 Å². The number of hydrogen-bond donors (Lipinski definition) is 1. The van der Waals surface area contributed by atoms with Crippen molar-refractivity contribution in [2.45, 2.75) is 6.54 Å². The van der Waals surface area contributed by atoms with Crippen LogP contribution in [0.5, 0.6) is 0 Å². The number of hydrogen-bond acceptors (Lipinski definition) is 7. The monoisotopic (exact) mass is 353 g/mol. The van der Waals surface area contributed by atoms with Gasteiger partial charge in [0.1, 0.15) is 18.6 Å². The maximum Gasteiger partial charge on any atom is 0.325 e. The van der Waals surface area contributed by atoms with E-state index in [1.54, 1.807) is 17.0 Å². The van der Waals surface area contributed by atoms with Crippen LogP contribution in [0.25, 0.3) is 10.9 Å². The van der Waals surface area contributed by atoms with Gasteiger partial charge in [0.15, 0.2) is 0 Å². The summed E-state index contributed by atoms with van der Waals surface area (Å²) in [6.07, 6.45) is 4.55. The highest BCUT2D eigenvalue weighted by atomic mass is 16.6. The molecule has 132 valence electrons. The quantitative estimate of drug-likeness (QED) is 0.315. The second kappa shape index (κ2) is 7.43. The van der Waals surface area contributed by atoms with Crippen LogP contribution in [0, 0.1) is 10.1 Å². The minimum absolute atomic E-state index is 0.0922. The lowest BCUT2D eigenvalue weighted by Crippen LogP contribution is -2.10. The van der Waals surface area contributed by atoms with E-state index in [1.807, 2.05) is 24.3 Å². The van der Waals surface area contributed by atoms with Gasteiger partial charge in [0.25, 0.3) is 5.69 Å². The number of para-hydroxylation sites is 1. The number of pyridine rings is 1. The molecular weight excluding hydrogens is 338 g/mol. The minimum Gasteiger partial charge on any atom is -0.468 e. The fourth-order valence-corrected chi connectivity index (χ4v) is 2.44. The van der Waals surface area contributed by atoms with E-state index in [2.05, 4.69) is 15.5 Å². The number of rotatable bonds is 6. The fraction of sp³-hybridized carbons (Fsp3) is 0.118. The lowest BCUT2D eigenvalue weighted by molar-refractivity contribution is -0.385. The van der Waals surface area contributed by atoms with Gasteiger partial charge in [-0.15, -0.1) is 0 Å². The first-order valence-corrected chi connectivity index (χ1v) is 7.62. The SMILES string of the molecule is COC(=O)Cn1cc(/C=N/Nc2ccc([N+](=O)[O-])cn2)c2ccccc21. The molecule has 0 amide bonds.